The predicted octanol–water partition coefficient (Wildman–Crippen LogP) is 0.216. The van der Waals surface area contributed by atoms with E-state index in [0.717, 1.165) is 5.56 Å². The highest BCUT2D eigenvalue weighted by Crippen LogP contribution is 2.16. The Kier molecular flexibility index (Phi) is 2.64. The fourth-order valence-corrected chi connectivity index (χ4v) is 1.43. The Labute approximate surface area is 91.4 Å². The van der Waals surface area contributed by atoms with E-state index in [1.807, 2.05) is 24.3 Å². The third-order valence-electron chi connectivity index (χ3n) is 2.25. The Morgan fingerprint density at radius 3 is 2.81 bits per heavy atom. The maximum Gasteiger partial charge on any atom is 0.365 e. The van der Waals surface area contributed by atoms with Crippen molar-refractivity contribution in [3.63, 3.8) is 0 Å². The van der Waals surface area contributed by atoms with Crippen LogP contribution < -0.4 is 20.9 Å². The summed E-state index contributed by atoms with van der Waals surface area (Å²) in [4.78, 5) is 11.3. The smallest absolute Gasteiger partial charge is 0.365 e. The van der Waals surface area contributed by atoms with Gasteiger partial charge in [-0.15, -0.1) is 0 Å². The van der Waals surface area contributed by atoms with E-state index in [1.165, 1.54) is 0 Å². The number of hydrogen-bond donors (Lipinski definition) is 1. The number of methoxy groups -OCH3 is 1. The summed E-state index contributed by atoms with van der Waals surface area (Å²) in [6, 6.07) is 7.40. The molecule has 0 radical (unpaired) electrons. The molecule has 0 atom stereocenters. The lowest BCUT2D eigenvalue weighted by Gasteiger charge is -2.02. The average Bonchev–Trinajstić information content (AvgIpc) is 2.61. The third-order valence-corrected chi connectivity index (χ3v) is 2.25. The minimum absolute atomic E-state index is 0.407. The monoisotopic (exact) mass is 217 g/mol. The second-order valence-corrected chi connectivity index (χ2v) is 3.27. The van der Waals surface area contributed by atoms with Gasteiger partial charge in [0.1, 0.15) is 5.75 Å². The van der Waals surface area contributed by atoms with Crippen LogP contribution in [-0.4, -0.2) is 12.3 Å². The number of para-hydroxylation sites is 1. The van der Waals surface area contributed by atoms with Gasteiger partial charge in [-0.05, 0) is 12.1 Å². The molecule has 0 aliphatic heterocycles. The topological polar surface area (TPSA) is 55.2 Å². The van der Waals surface area contributed by atoms with Crippen LogP contribution in [0.1, 0.15) is 5.56 Å². The molecule has 0 fully saturated rings. The molecule has 0 unspecified atom stereocenters. The molecule has 1 aromatic heterocycles. The zero-order valence-electron chi connectivity index (χ0n) is 8.82. The molecular formula is C12H11NO3. The molecule has 1 aromatic carbocycles. The fraction of sp³-hybridized carbons (Fsp3) is 0.0833. The summed E-state index contributed by atoms with van der Waals surface area (Å²) in [5.41, 5.74) is 0.373. The second kappa shape index (κ2) is 4.10. The van der Waals surface area contributed by atoms with Crippen molar-refractivity contribution < 1.29 is 9.26 Å². The number of H-pyrrole nitrogens is 1. The molecule has 2 rings (SSSR count). The lowest BCUT2D eigenvalue weighted by atomic mass is 10.1. The Morgan fingerprint density at radius 1 is 1.44 bits per heavy atom. The predicted molar refractivity (Wildman–Crippen MR) is 60.7 cm³/mol. The summed E-state index contributed by atoms with van der Waals surface area (Å²) in [5, 5.41) is 3.29. The van der Waals surface area contributed by atoms with E-state index in [9.17, 15) is 4.79 Å². The van der Waals surface area contributed by atoms with Gasteiger partial charge in [-0.1, -0.05) is 24.8 Å². The van der Waals surface area contributed by atoms with E-state index in [4.69, 9.17) is 4.74 Å². The Morgan fingerprint density at radius 2 is 2.19 bits per heavy atom. The van der Waals surface area contributed by atoms with Crippen molar-refractivity contribution in [1.29, 1.82) is 0 Å². The normalized spacial score (nSPS) is 11.7. The van der Waals surface area contributed by atoms with Crippen LogP contribution in [-0.2, 0) is 0 Å². The van der Waals surface area contributed by atoms with Crippen LogP contribution in [0.2, 0.25) is 0 Å². The van der Waals surface area contributed by atoms with Crippen LogP contribution in [0.25, 0.3) is 12.7 Å². The van der Waals surface area contributed by atoms with E-state index < -0.39 is 5.63 Å². The number of aromatic nitrogens is 1. The van der Waals surface area contributed by atoms with Gasteiger partial charge in [-0.2, -0.15) is 0 Å². The number of ether oxygens (including phenoxy) is 1. The second-order valence-electron chi connectivity index (χ2n) is 3.27. The molecule has 16 heavy (non-hydrogen) atoms. The van der Waals surface area contributed by atoms with Crippen LogP contribution in [0.3, 0.4) is 0 Å². The van der Waals surface area contributed by atoms with E-state index in [2.05, 4.69) is 16.3 Å². The van der Waals surface area contributed by atoms with Gasteiger partial charge in [0.05, 0.1) is 17.7 Å². The van der Waals surface area contributed by atoms with E-state index in [1.54, 1.807) is 13.2 Å². The van der Waals surface area contributed by atoms with Crippen LogP contribution in [0.5, 0.6) is 5.75 Å². The number of nitrogens with one attached hydrogen (secondary N) is 1. The van der Waals surface area contributed by atoms with Crippen LogP contribution in [0.4, 0.5) is 0 Å². The third kappa shape index (κ3) is 1.77. The molecule has 0 spiro atoms. The van der Waals surface area contributed by atoms with Gasteiger partial charge in [0.15, 0.2) is 0 Å². The van der Waals surface area contributed by atoms with E-state index >= 15 is 0 Å². The highest BCUT2D eigenvalue weighted by atomic mass is 16.5. The molecule has 0 bridgehead atoms. The standard InChI is InChI=1S/C12H11NO3/c1-8-10(12(14)16-13-8)7-9-5-3-4-6-11(9)15-2/h3-7,13H,1H2,2H3/b10-7-. The molecule has 1 N–H and O–H groups in total. The van der Waals surface area contributed by atoms with Gasteiger partial charge in [0, 0.05) is 5.56 Å². The lowest BCUT2D eigenvalue weighted by Crippen LogP contribution is -2.31. The van der Waals surface area contributed by atoms with Crippen LogP contribution >= 0.6 is 0 Å². The minimum atomic E-state index is -0.434. The summed E-state index contributed by atoms with van der Waals surface area (Å²) in [6.07, 6.45) is 1.68. The lowest BCUT2D eigenvalue weighted by molar-refractivity contribution is 0.386. The van der Waals surface area contributed by atoms with Crippen molar-refractivity contribution in [3.05, 3.63) is 50.8 Å². The van der Waals surface area contributed by atoms with Gasteiger partial charge in [-0.3, -0.25) is 0 Å². The van der Waals surface area contributed by atoms with Crippen molar-refractivity contribution in [2.75, 3.05) is 7.11 Å². The van der Waals surface area contributed by atoms with Crippen LogP contribution in [0, 0.1) is 0 Å². The molecule has 0 saturated carbocycles. The first-order valence-corrected chi connectivity index (χ1v) is 4.73. The first kappa shape index (κ1) is 10.3. The Bertz CT molecular complexity index is 621. The van der Waals surface area contributed by atoms with Crippen LogP contribution in [0.15, 0.2) is 33.6 Å². The zero-order valence-corrected chi connectivity index (χ0v) is 8.82. The number of benzene rings is 1. The average molecular weight is 217 g/mol. The van der Waals surface area contributed by atoms with Gasteiger partial charge < -0.3 is 9.26 Å². The molecular weight excluding hydrogens is 206 g/mol. The molecule has 0 aliphatic rings. The maximum atomic E-state index is 11.3. The minimum Gasteiger partial charge on any atom is -0.496 e. The Balaban J connectivity index is 2.68. The van der Waals surface area contributed by atoms with Gasteiger partial charge in [-0.25, -0.2) is 9.95 Å². The summed E-state index contributed by atoms with van der Waals surface area (Å²) < 4.78 is 9.81. The summed E-state index contributed by atoms with van der Waals surface area (Å²) >= 11 is 0. The quantitative estimate of drug-likeness (QED) is 0.782. The van der Waals surface area contributed by atoms with Gasteiger partial charge >= 0.3 is 5.63 Å². The van der Waals surface area contributed by atoms with Crippen molar-refractivity contribution in [2.45, 2.75) is 0 Å². The zero-order chi connectivity index (χ0) is 11.5. The molecule has 0 saturated heterocycles. The number of hydrogen-bond acceptors (Lipinski definition) is 3. The molecule has 0 aliphatic carbocycles. The first-order chi connectivity index (χ1) is 7.72. The molecule has 4 nitrogen and oxygen atoms in total. The maximum absolute atomic E-state index is 11.3. The molecule has 82 valence electrons. The summed E-state index contributed by atoms with van der Waals surface area (Å²) in [6.45, 7) is 3.67. The van der Waals surface area contributed by atoms with Crippen molar-refractivity contribution in [1.82, 2.24) is 5.16 Å². The van der Waals surface area contributed by atoms with Gasteiger partial charge in [0.25, 0.3) is 0 Å². The fourth-order valence-electron chi connectivity index (χ4n) is 1.43. The molecule has 1 heterocycles. The van der Waals surface area contributed by atoms with Crippen molar-refractivity contribution in [3.8, 4) is 5.75 Å². The van der Waals surface area contributed by atoms with Gasteiger partial charge in [0.2, 0.25) is 0 Å². The Hall–Kier alpha value is -2.23. The highest BCUT2D eigenvalue weighted by molar-refractivity contribution is 5.56. The molecule has 0 amide bonds. The van der Waals surface area contributed by atoms with Crippen molar-refractivity contribution in [2.24, 2.45) is 0 Å². The highest BCUT2D eigenvalue weighted by Gasteiger charge is 2.00. The summed E-state index contributed by atoms with van der Waals surface area (Å²) in [7, 11) is 1.58. The largest absolute Gasteiger partial charge is 0.496 e. The summed E-state index contributed by atoms with van der Waals surface area (Å²) in [5.74, 6) is 0.697. The molecule has 2 aromatic rings. The van der Waals surface area contributed by atoms with Crippen molar-refractivity contribution >= 4 is 12.7 Å². The SMILES string of the molecule is C=c1[nH]oc(=O)/c1=C\c1ccccc1OC. The molecule has 4 heteroatoms. The van der Waals surface area contributed by atoms with E-state index in [0.29, 0.717) is 16.3 Å². The van der Waals surface area contributed by atoms with E-state index in [-0.39, 0.29) is 0 Å². The first-order valence-electron chi connectivity index (χ1n) is 4.73. The number of rotatable bonds is 2. The number of aromatic amines is 1.